The molecular formula is C11H16O4. The first-order chi connectivity index (χ1) is 6.71. The van der Waals surface area contributed by atoms with Gasteiger partial charge in [0.25, 0.3) is 0 Å². The Morgan fingerprint density at radius 1 is 1.27 bits per heavy atom. The molecule has 0 aromatic carbocycles. The summed E-state index contributed by atoms with van der Waals surface area (Å²) in [4.78, 5) is 11.9. The maximum Gasteiger partial charge on any atom is 0.193 e. The van der Waals surface area contributed by atoms with E-state index >= 15 is 0 Å². The van der Waals surface area contributed by atoms with Gasteiger partial charge in [-0.3, -0.25) is 4.79 Å². The average Bonchev–Trinajstić information content (AvgIpc) is 2.41. The van der Waals surface area contributed by atoms with Crippen molar-refractivity contribution in [1.29, 1.82) is 0 Å². The number of hydrogen-bond acceptors (Lipinski definition) is 4. The Morgan fingerprint density at radius 2 is 1.87 bits per heavy atom. The normalized spacial score (nSPS) is 41.7. The molecule has 1 heterocycles. The van der Waals surface area contributed by atoms with Crippen LogP contribution in [-0.4, -0.2) is 34.0 Å². The fourth-order valence-electron chi connectivity index (χ4n) is 2.57. The molecule has 1 aliphatic heterocycles. The van der Waals surface area contributed by atoms with Crippen molar-refractivity contribution in [2.45, 2.75) is 50.8 Å². The lowest BCUT2D eigenvalue weighted by molar-refractivity contribution is -0.180. The third-order valence-electron chi connectivity index (χ3n) is 3.01. The first-order valence-electron chi connectivity index (χ1n) is 5.02. The molecule has 4 heteroatoms. The minimum Gasteiger partial charge on any atom is -0.385 e. The molecular weight excluding hydrogens is 196 g/mol. The lowest BCUT2D eigenvalue weighted by atomic mass is 9.81. The van der Waals surface area contributed by atoms with E-state index in [1.165, 1.54) is 12.2 Å². The summed E-state index contributed by atoms with van der Waals surface area (Å²) >= 11 is 0. The van der Waals surface area contributed by atoms with Crippen LogP contribution in [0.5, 0.6) is 0 Å². The maximum absolute atomic E-state index is 11.9. The fourth-order valence-corrected chi connectivity index (χ4v) is 2.57. The second kappa shape index (κ2) is 2.70. The molecule has 2 aliphatic rings. The third kappa shape index (κ3) is 1.22. The number of carbonyl (C=O) groups is 1. The van der Waals surface area contributed by atoms with Gasteiger partial charge < -0.3 is 14.6 Å². The largest absolute Gasteiger partial charge is 0.385 e. The van der Waals surface area contributed by atoms with Crippen LogP contribution in [0.2, 0.25) is 0 Å². The van der Waals surface area contributed by atoms with Crippen molar-refractivity contribution < 1.29 is 19.4 Å². The van der Waals surface area contributed by atoms with E-state index in [9.17, 15) is 9.90 Å². The van der Waals surface area contributed by atoms with Gasteiger partial charge in [-0.15, -0.1) is 0 Å². The SMILES string of the molecule is CC1(C)OC(C)(C)C2(O1)C(=O)C=CC2O. The predicted octanol–water partition coefficient (Wildman–Crippen LogP) is 0.786. The van der Waals surface area contributed by atoms with Crippen LogP contribution in [-0.2, 0) is 14.3 Å². The zero-order valence-corrected chi connectivity index (χ0v) is 9.40. The van der Waals surface area contributed by atoms with Gasteiger partial charge in [0.05, 0.1) is 0 Å². The van der Waals surface area contributed by atoms with Crippen molar-refractivity contribution in [3.63, 3.8) is 0 Å². The molecule has 0 aromatic rings. The van der Waals surface area contributed by atoms with Gasteiger partial charge in [-0.25, -0.2) is 0 Å². The summed E-state index contributed by atoms with van der Waals surface area (Å²) in [5.74, 6) is -1.09. The zero-order valence-electron chi connectivity index (χ0n) is 9.40. The van der Waals surface area contributed by atoms with E-state index in [0.717, 1.165) is 0 Å². The predicted molar refractivity (Wildman–Crippen MR) is 53.2 cm³/mol. The van der Waals surface area contributed by atoms with Crippen molar-refractivity contribution in [1.82, 2.24) is 0 Å². The first-order valence-corrected chi connectivity index (χ1v) is 5.02. The molecule has 1 saturated heterocycles. The van der Waals surface area contributed by atoms with Crippen LogP contribution in [0, 0.1) is 0 Å². The highest BCUT2D eigenvalue weighted by atomic mass is 16.8. The van der Waals surface area contributed by atoms with E-state index in [0.29, 0.717) is 0 Å². The summed E-state index contributed by atoms with van der Waals surface area (Å²) in [5.41, 5.74) is -2.12. The molecule has 0 bridgehead atoms. The van der Waals surface area contributed by atoms with Gasteiger partial charge in [0.15, 0.2) is 17.2 Å². The van der Waals surface area contributed by atoms with Crippen molar-refractivity contribution in [2.75, 3.05) is 0 Å². The molecule has 15 heavy (non-hydrogen) atoms. The van der Waals surface area contributed by atoms with E-state index in [1.807, 2.05) is 0 Å². The summed E-state index contributed by atoms with van der Waals surface area (Å²) < 4.78 is 11.3. The van der Waals surface area contributed by atoms with Crippen molar-refractivity contribution in [3.8, 4) is 0 Å². The van der Waals surface area contributed by atoms with Gasteiger partial charge in [0.1, 0.15) is 11.7 Å². The third-order valence-corrected chi connectivity index (χ3v) is 3.01. The van der Waals surface area contributed by atoms with Crippen LogP contribution >= 0.6 is 0 Å². The molecule has 0 amide bonds. The molecule has 0 radical (unpaired) electrons. The smallest absolute Gasteiger partial charge is 0.193 e. The molecule has 1 spiro atoms. The van der Waals surface area contributed by atoms with E-state index in [-0.39, 0.29) is 5.78 Å². The Morgan fingerprint density at radius 3 is 2.20 bits per heavy atom. The molecule has 0 aromatic heterocycles. The summed E-state index contributed by atoms with van der Waals surface area (Å²) in [6.07, 6.45) is 1.87. The number of ether oxygens (including phenoxy) is 2. The van der Waals surface area contributed by atoms with E-state index in [2.05, 4.69) is 0 Å². The number of aliphatic hydroxyl groups excluding tert-OH is 1. The Kier molecular flexibility index (Phi) is 1.94. The maximum atomic E-state index is 11.9. The molecule has 2 rings (SSSR count). The first kappa shape index (κ1) is 10.8. The lowest BCUT2D eigenvalue weighted by Gasteiger charge is -2.35. The summed E-state index contributed by atoms with van der Waals surface area (Å²) in [6.45, 7) is 7.00. The molecule has 2 unspecified atom stereocenters. The number of carbonyl (C=O) groups excluding carboxylic acids is 1. The number of hydrogen-bond donors (Lipinski definition) is 1. The van der Waals surface area contributed by atoms with E-state index < -0.39 is 23.1 Å². The topological polar surface area (TPSA) is 55.8 Å². The highest BCUT2D eigenvalue weighted by Gasteiger charge is 2.67. The number of aliphatic hydroxyl groups is 1. The second-order valence-corrected chi connectivity index (χ2v) is 5.02. The molecule has 1 N–H and O–H groups in total. The fraction of sp³-hybridized carbons (Fsp3) is 0.727. The van der Waals surface area contributed by atoms with E-state index in [4.69, 9.17) is 9.47 Å². The highest BCUT2D eigenvalue weighted by molar-refractivity contribution is 6.02. The standard InChI is InChI=1S/C11H16O4/c1-9(2)11(15-10(3,4)14-9)7(12)5-6-8(11)13/h5-7,12H,1-4H3. The zero-order chi connectivity index (χ0) is 11.5. The Bertz CT molecular complexity index is 342. The van der Waals surface area contributed by atoms with Crippen LogP contribution < -0.4 is 0 Å². The highest BCUT2D eigenvalue weighted by Crippen LogP contribution is 2.48. The van der Waals surface area contributed by atoms with Gasteiger partial charge >= 0.3 is 0 Å². The Labute approximate surface area is 88.9 Å². The molecule has 2 atom stereocenters. The summed E-state index contributed by atoms with van der Waals surface area (Å²) in [7, 11) is 0. The van der Waals surface area contributed by atoms with Crippen LogP contribution in [0.25, 0.3) is 0 Å². The Balaban J connectivity index is 2.49. The minimum absolute atomic E-state index is 0.231. The van der Waals surface area contributed by atoms with Crippen LogP contribution in [0.15, 0.2) is 12.2 Å². The quantitative estimate of drug-likeness (QED) is 0.645. The van der Waals surface area contributed by atoms with E-state index in [1.54, 1.807) is 27.7 Å². The number of rotatable bonds is 0. The summed E-state index contributed by atoms with van der Waals surface area (Å²) in [5, 5.41) is 9.91. The van der Waals surface area contributed by atoms with Crippen LogP contribution in [0.3, 0.4) is 0 Å². The van der Waals surface area contributed by atoms with Gasteiger partial charge in [0, 0.05) is 0 Å². The van der Waals surface area contributed by atoms with Gasteiger partial charge in [-0.05, 0) is 39.8 Å². The molecule has 1 fully saturated rings. The summed E-state index contributed by atoms with van der Waals surface area (Å²) in [6, 6.07) is 0. The lowest BCUT2D eigenvalue weighted by Crippen LogP contribution is -2.58. The van der Waals surface area contributed by atoms with Gasteiger partial charge in [-0.1, -0.05) is 0 Å². The van der Waals surface area contributed by atoms with Crippen molar-refractivity contribution >= 4 is 5.78 Å². The minimum atomic E-state index is -1.28. The Hall–Kier alpha value is -0.710. The average molecular weight is 212 g/mol. The van der Waals surface area contributed by atoms with Gasteiger partial charge in [0.2, 0.25) is 0 Å². The van der Waals surface area contributed by atoms with Crippen LogP contribution in [0.4, 0.5) is 0 Å². The molecule has 0 saturated carbocycles. The molecule has 84 valence electrons. The van der Waals surface area contributed by atoms with Crippen molar-refractivity contribution in [2.24, 2.45) is 0 Å². The van der Waals surface area contributed by atoms with Gasteiger partial charge in [-0.2, -0.15) is 0 Å². The second-order valence-electron chi connectivity index (χ2n) is 5.02. The number of ketones is 1. The van der Waals surface area contributed by atoms with Crippen LogP contribution in [0.1, 0.15) is 27.7 Å². The monoisotopic (exact) mass is 212 g/mol. The molecule has 1 aliphatic carbocycles. The molecule has 4 nitrogen and oxygen atoms in total. The van der Waals surface area contributed by atoms with Crippen molar-refractivity contribution in [3.05, 3.63) is 12.2 Å².